The Hall–Kier alpha value is -0.800. The Labute approximate surface area is 122 Å². The zero-order valence-electron chi connectivity index (χ0n) is 11.9. The number of rotatable bonds is 9. The summed E-state index contributed by atoms with van der Waals surface area (Å²) in [5.41, 5.74) is 1.26. The second kappa shape index (κ2) is 11.1. The first-order valence-corrected chi connectivity index (χ1v) is 6.79. The molecule has 0 aromatic heterocycles. The SMILES string of the molecule is COc1ccccc1CC(C)[NH2+]CCCCCF.[Cl-]. The lowest BCUT2D eigenvalue weighted by atomic mass is 10.1. The number of halogens is 2. The Balaban J connectivity index is 0.00000324. The molecule has 0 saturated heterocycles. The zero-order valence-corrected chi connectivity index (χ0v) is 12.6. The van der Waals surface area contributed by atoms with E-state index in [4.69, 9.17) is 4.74 Å². The molecule has 1 aromatic carbocycles. The fourth-order valence-corrected chi connectivity index (χ4v) is 2.12. The van der Waals surface area contributed by atoms with Crippen molar-refractivity contribution >= 4 is 0 Å². The van der Waals surface area contributed by atoms with Gasteiger partial charge in [0.05, 0.1) is 26.4 Å². The molecule has 0 fully saturated rings. The number of para-hydroxylation sites is 1. The molecule has 110 valence electrons. The maximum absolute atomic E-state index is 11.9. The average molecular weight is 290 g/mol. The highest BCUT2D eigenvalue weighted by Crippen LogP contribution is 2.18. The maximum Gasteiger partial charge on any atom is 0.122 e. The fourth-order valence-electron chi connectivity index (χ4n) is 2.12. The van der Waals surface area contributed by atoms with Crippen LogP contribution < -0.4 is 22.5 Å². The minimum Gasteiger partial charge on any atom is -1.00 e. The van der Waals surface area contributed by atoms with Gasteiger partial charge < -0.3 is 22.5 Å². The number of benzene rings is 1. The summed E-state index contributed by atoms with van der Waals surface area (Å²) in [6.07, 6.45) is 3.80. The van der Waals surface area contributed by atoms with Gasteiger partial charge in [-0.05, 0) is 37.8 Å². The zero-order chi connectivity index (χ0) is 13.2. The molecule has 2 nitrogen and oxygen atoms in total. The van der Waals surface area contributed by atoms with Crippen LogP contribution in [0.5, 0.6) is 5.75 Å². The molecule has 19 heavy (non-hydrogen) atoms. The summed E-state index contributed by atoms with van der Waals surface area (Å²) in [5.74, 6) is 0.968. The molecule has 0 radical (unpaired) electrons. The van der Waals surface area contributed by atoms with Gasteiger partial charge in [-0.15, -0.1) is 0 Å². The molecular formula is C15H25ClFNO. The number of unbranched alkanes of at least 4 members (excludes halogenated alkanes) is 2. The molecule has 0 spiro atoms. The lowest BCUT2D eigenvalue weighted by Crippen LogP contribution is -3.00. The van der Waals surface area contributed by atoms with Crippen molar-refractivity contribution in [2.24, 2.45) is 0 Å². The molecule has 0 aliphatic heterocycles. The van der Waals surface area contributed by atoms with Crippen LogP contribution in [-0.2, 0) is 6.42 Å². The quantitative estimate of drug-likeness (QED) is 0.600. The van der Waals surface area contributed by atoms with Gasteiger partial charge >= 0.3 is 0 Å². The first-order chi connectivity index (χ1) is 8.77. The summed E-state index contributed by atoms with van der Waals surface area (Å²) >= 11 is 0. The fraction of sp³-hybridized carbons (Fsp3) is 0.600. The summed E-state index contributed by atoms with van der Waals surface area (Å²) in [7, 11) is 1.71. The Bertz CT molecular complexity index is 336. The van der Waals surface area contributed by atoms with Gasteiger partial charge in [0.25, 0.3) is 0 Å². The van der Waals surface area contributed by atoms with Crippen LogP contribution in [0, 0.1) is 0 Å². The second-order valence-electron chi connectivity index (χ2n) is 4.77. The largest absolute Gasteiger partial charge is 1.00 e. The van der Waals surface area contributed by atoms with Crippen molar-refractivity contribution in [3.05, 3.63) is 29.8 Å². The van der Waals surface area contributed by atoms with E-state index in [9.17, 15) is 4.39 Å². The molecule has 0 saturated carbocycles. The van der Waals surface area contributed by atoms with E-state index >= 15 is 0 Å². The molecule has 0 aliphatic carbocycles. The van der Waals surface area contributed by atoms with E-state index in [1.165, 1.54) is 5.56 Å². The van der Waals surface area contributed by atoms with Crippen molar-refractivity contribution in [2.75, 3.05) is 20.3 Å². The molecule has 1 rings (SSSR count). The standard InChI is InChI=1S/C15H24FNO.ClH/c1-13(17-11-7-3-6-10-16)12-14-8-4-5-9-15(14)18-2;/h4-5,8-9,13,17H,3,6-7,10-12H2,1-2H3;1H. The number of quaternary nitrogens is 1. The molecule has 1 aromatic rings. The van der Waals surface area contributed by atoms with Gasteiger partial charge in [-0.3, -0.25) is 4.39 Å². The summed E-state index contributed by atoms with van der Waals surface area (Å²) < 4.78 is 17.3. The van der Waals surface area contributed by atoms with Crippen molar-refractivity contribution in [3.63, 3.8) is 0 Å². The van der Waals surface area contributed by atoms with Crippen LogP contribution in [0.4, 0.5) is 4.39 Å². The minimum absolute atomic E-state index is 0. The summed E-state index contributed by atoms with van der Waals surface area (Å²) in [6, 6.07) is 8.70. The number of methoxy groups -OCH3 is 1. The van der Waals surface area contributed by atoms with Crippen LogP contribution >= 0.6 is 0 Å². The number of nitrogens with two attached hydrogens (primary N) is 1. The summed E-state index contributed by atoms with van der Waals surface area (Å²) in [6.45, 7) is 3.12. The van der Waals surface area contributed by atoms with Crippen LogP contribution in [0.1, 0.15) is 31.7 Å². The average Bonchev–Trinajstić information content (AvgIpc) is 2.39. The highest BCUT2D eigenvalue weighted by atomic mass is 35.5. The van der Waals surface area contributed by atoms with Crippen LogP contribution in [0.2, 0.25) is 0 Å². The molecule has 2 N–H and O–H groups in total. The van der Waals surface area contributed by atoms with Gasteiger partial charge in [0.15, 0.2) is 0 Å². The third-order valence-electron chi connectivity index (χ3n) is 3.14. The summed E-state index contributed by atoms with van der Waals surface area (Å²) in [5, 5.41) is 2.34. The van der Waals surface area contributed by atoms with Crippen LogP contribution in [0.15, 0.2) is 24.3 Å². The van der Waals surface area contributed by atoms with Gasteiger partial charge in [-0.1, -0.05) is 18.2 Å². The molecule has 0 aliphatic rings. The molecule has 1 atom stereocenters. The van der Waals surface area contributed by atoms with Crippen molar-refractivity contribution in [2.45, 2.75) is 38.6 Å². The number of hydrogen-bond donors (Lipinski definition) is 1. The first kappa shape index (κ1) is 18.2. The molecule has 1 unspecified atom stereocenters. The monoisotopic (exact) mass is 289 g/mol. The predicted molar refractivity (Wildman–Crippen MR) is 72.8 cm³/mol. The van der Waals surface area contributed by atoms with E-state index < -0.39 is 0 Å². The van der Waals surface area contributed by atoms with Gasteiger partial charge in [0.2, 0.25) is 0 Å². The van der Waals surface area contributed by atoms with E-state index in [-0.39, 0.29) is 19.1 Å². The Kier molecular flexibility index (Phi) is 10.6. The Morgan fingerprint density at radius 2 is 1.95 bits per heavy atom. The second-order valence-corrected chi connectivity index (χ2v) is 4.77. The van der Waals surface area contributed by atoms with Gasteiger partial charge in [0.1, 0.15) is 5.75 Å². The maximum atomic E-state index is 11.9. The van der Waals surface area contributed by atoms with Crippen molar-refractivity contribution in [1.29, 1.82) is 0 Å². The Morgan fingerprint density at radius 1 is 1.21 bits per heavy atom. The highest BCUT2D eigenvalue weighted by Gasteiger charge is 2.09. The molecule has 0 amide bonds. The van der Waals surface area contributed by atoms with Crippen molar-refractivity contribution < 1.29 is 26.9 Å². The van der Waals surface area contributed by atoms with Gasteiger partial charge in [0, 0.05) is 6.42 Å². The van der Waals surface area contributed by atoms with Crippen LogP contribution in [-0.4, -0.2) is 26.4 Å². The lowest BCUT2D eigenvalue weighted by Gasteiger charge is -2.13. The van der Waals surface area contributed by atoms with E-state index in [1.54, 1.807) is 7.11 Å². The molecule has 4 heteroatoms. The third-order valence-corrected chi connectivity index (χ3v) is 3.14. The van der Waals surface area contributed by atoms with Gasteiger partial charge in [-0.2, -0.15) is 0 Å². The Morgan fingerprint density at radius 3 is 2.63 bits per heavy atom. The third kappa shape index (κ3) is 7.38. The van der Waals surface area contributed by atoms with Crippen molar-refractivity contribution in [1.82, 2.24) is 0 Å². The van der Waals surface area contributed by atoms with E-state index in [0.29, 0.717) is 12.5 Å². The number of alkyl halides is 1. The van der Waals surface area contributed by atoms with Crippen LogP contribution in [0.25, 0.3) is 0 Å². The predicted octanol–water partition coefficient (Wildman–Crippen LogP) is -0.667. The number of hydrogen-bond acceptors (Lipinski definition) is 1. The van der Waals surface area contributed by atoms with E-state index in [1.807, 2.05) is 18.2 Å². The first-order valence-electron chi connectivity index (χ1n) is 6.79. The number of ether oxygens (including phenoxy) is 1. The van der Waals surface area contributed by atoms with Gasteiger partial charge in [-0.25, -0.2) is 0 Å². The molecular weight excluding hydrogens is 265 g/mol. The van der Waals surface area contributed by atoms with E-state index in [2.05, 4.69) is 18.3 Å². The highest BCUT2D eigenvalue weighted by molar-refractivity contribution is 5.33. The topological polar surface area (TPSA) is 25.8 Å². The summed E-state index contributed by atoms with van der Waals surface area (Å²) in [4.78, 5) is 0. The smallest absolute Gasteiger partial charge is 0.122 e. The van der Waals surface area contributed by atoms with Crippen molar-refractivity contribution in [3.8, 4) is 5.75 Å². The molecule has 0 bridgehead atoms. The molecule has 0 heterocycles. The lowest BCUT2D eigenvalue weighted by molar-refractivity contribution is -0.686. The van der Waals surface area contributed by atoms with E-state index in [0.717, 1.165) is 31.6 Å². The normalized spacial score (nSPS) is 11.7. The minimum atomic E-state index is -0.184. The van der Waals surface area contributed by atoms with Crippen LogP contribution in [0.3, 0.4) is 0 Å².